The molecule has 0 heterocycles. The molecule has 45 heavy (non-hydrogen) atoms. The van der Waals surface area contributed by atoms with Gasteiger partial charge < -0.3 is 0 Å². The molecular formula is C40H36NiO2P2. The topological polar surface area (TPSA) is 34.1 Å². The molecule has 0 atom stereocenters. The van der Waals surface area contributed by atoms with Gasteiger partial charge in [-0.2, -0.15) is 0 Å². The molecule has 0 aliphatic carbocycles. The van der Waals surface area contributed by atoms with Gasteiger partial charge in [-0.25, -0.2) is 0 Å². The molecule has 5 heteroatoms. The van der Waals surface area contributed by atoms with Crippen molar-refractivity contribution < 1.29 is 24.0 Å². The first-order chi connectivity index (χ1) is 22.0. The maximum absolute atomic E-state index is 10.0. The molecule has 6 aromatic carbocycles. The smallest absolute Gasteiger partial charge is 0.0134 e. The second-order valence-corrected chi connectivity index (χ2v) is 15.7. The SMILES string of the molecule is C[C](=O)[Ni][C](C)=O.c1ccc(P(c2ccccc2)c2ccccc2)cc1.c1ccc(P(c2ccccc2)c2ccccc2)cc1. The van der Waals surface area contributed by atoms with Crippen LogP contribution in [0.2, 0.25) is 0 Å². The molecule has 6 aromatic rings. The summed E-state index contributed by atoms with van der Waals surface area (Å²) in [6, 6.07) is 64.7. The zero-order chi connectivity index (χ0) is 31.7. The zero-order valence-corrected chi connectivity index (χ0v) is 28.1. The van der Waals surface area contributed by atoms with Gasteiger partial charge in [-0.1, -0.05) is 182 Å². The first kappa shape index (κ1) is 33.9. The maximum Gasteiger partial charge on any atom is -0.0134 e. The Bertz CT molecular complexity index is 1380. The second kappa shape index (κ2) is 18.7. The van der Waals surface area contributed by atoms with Crippen LogP contribution in [0.3, 0.4) is 0 Å². The van der Waals surface area contributed by atoms with Gasteiger partial charge in [0.1, 0.15) is 0 Å². The van der Waals surface area contributed by atoms with Crippen molar-refractivity contribution in [3.63, 3.8) is 0 Å². The molecule has 0 unspecified atom stereocenters. The van der Waals surface area contributed by atoms with Crippen molar-refractivity contribution in [3.05, 3.63) is 182 Å². The van der Waals surface area contributed by atoms with Crippen LogP contribution in [0, 0.1) is 0 Å². The van der Waals surface area contributed by atoms with Gasteiger partial charge in [0.05, 0.1) is 0 Å². The Morgan fingerprint density at radius 2 is 0.489 bits per heavy atom. The minimum Gasteiger partial charge on any atom is -0.0622 e. The van der Waals surface area contributed by atoms with Crippen LogP contribution in [0.15, 0.2) is 182 Å². The maximum atomic E-state index is 10.0. The summed E-state index contributed by atoms with van der Waals surface area (Å²) in [6.07, 6.45) is 0. The van der Waals surface area contributed by atoms with E-state index < -0.39 is 15.8 Å². The average Bonchev–Trinajstić information content (AvgIpc) is 3.08. The molecule has 0 spiro atoms. The Morgan fingerprint density at radius 3 is 0.600 bits per heavy atom. The summed E-state index contributed by atoms with van der Waals surface area (Å²) in [7, 11) is -0.892. The summed E-state index contributed by atoms with van der Waals surface area (Å²) in [4.78, 5) is 20.0. The molecule has 0 N–H and O–H groups in total. The molecule has 0 saturated heterocycles. The van der Waals surface area contributed by atoms with Crippen molar-refractivity contribution in [1.82, 2.24) is 0 Å². The molecule has 0 bridgehead atoms. The summed E-state index contributed by atoms with van der Waals surface area (Å²) in [5.74, 6) is 0. The van der Waals surface area contributed by atoms with Gasteiger partial charge in [0.15, 0.2) is 0 Å². The molecule has 0 fully saturated rings. The molecule has 228 valence electrons. The van der Waals surface area contributed by atoms with E-state index in [4.69, 9.17) is 0 Å². The summed E-state index contributed by atoms with van der Waals surface area (Å²) >= 11 is 0.569. The minimum absolute atomic E-state index is 0.125. The zero-order valence-electron chi connectivity index (χ0n) is 25.3. The van der Waals surface area contributed by atoms with Gasteiger partial charge in [-0.05, 0) is 47.7 Å². The van der Waals surface area contributed by atoms with E-state index >= 15 is 0 Å². The van der Waals surface area contributed by atoms with Crippen molar-refractivity contribution in [2.45, 2.75) is 13.8 Å². The standard InChI is InChI=1S/2C18H15P.2C2H3O.Ni/c2*1-4-10-16(11-5-1)19(17-12-6-2-7-13-17)18-14-8-3-9-15-18;2*1-2-3;/h2*1-15H;2*1H3;. The third kappa shape index (κ3) is 11.1. The Labute approximate surface area is 275 Å². The number of hydrogen-bond donors (Lipinski definition) is 0. The van der Waals surface area contributed by atoms with Crippen molar-refractivity contribution >= 4 is 57.2 Å². The number of hydrogen-bond acceptors (Lipinski definition) is 2. The van der Waals surface area contributed by atoms with Crippen LogP contribution in [0.5, 0.6) is 0 Å². The molecule has 2 nitrogen and oxygen atoms in total. The van der Waals surface area contributed by atoms with E-state index in [-0.39, 0.29) is 9.51 Å². The van der Waals surface area contributed by atoms with Crippen LogP contribution in [-0.2, 0) is 24.0 Å². The quantitative estimate of drug-likeness (QED) is 0.129. The van der Waals surface area contributed by atoms with E-state index in [2.05, 4.69) is 182 Å². The first-order valence-corrected chi connectivity index (χ1v) is 18.2. The summed E-state index contributed by atoms with van der Waals surface area (Å²) in [5, 5.41) is 8.39. The Morgan fingerprint density at radius 1 is 0.333 bits per heavy atom. The van der Waals surface area contributed by atoms with E-state index in [1.165, 1.54) is 45.7 Å². The van der Waals surface area contributed by atoms with Gasteiger partial charge in [-0.15, -0.1) is 0 Å². The third-order valence-electron chi connectivity index (χ3n) is 6.31. The minimum atomic E-state index is -0.446. The molecule has 0 radical (unpaired) electrons. The Kier molecular flexibility index (Phi) is 14.1. The second-order valence-electron chi connectivity index (χ2n) is 9.62. The molecule has 0 aliphatic heterocycles. The molecule has 0 saturated carbocycles. The van der Waals surface area contributed by atoms with Crippen LogP contribution < -0.4 is 31.8 Å². The van der Waals surface area contributed by atoms with Crippen molar-refractivity contribution in [2.24, 2.45) is 0 Å². The largest absolute Gasteiger partial charge is 0.0622 e. The van der Waals surface area contributed by atoms with Gasteiger partial charge in [0, 0.05) is 0 Å². The summed E-state index contributed by atoms with van der Waals surface area (Å²) < 4.78 is -0.250. The number of carbonyl (C=O) groups excluding carboxylic acids is 2. The van der Waals surface area contributed by atoms with Crippen LogP contribution in [-0.4, -0.2) is 9.51 Å². The first-order valence-electron chi connectivity index (χ1n) is 14.5. The Balaban J connectivity index is 0.000000170. The normalized spacial score (nSPS) is 10.3. The van der Waals surface area contributed by atoms with Crippen molar-refractivity contribution in [1.29, 1.82) is 0 Å². The predicted octanol–water partition coefficient (Wildman–Crippen LogP) is 7.05. The van der Waals surface area contributed by atoms with Gasteiger partial charge >= 0.3 is 47.4 Å². The van der Waals surface area contributed by atoms with Crippen molar-refractivity contribution in [2.75, 3.05) is 0 Å². The van der Waals surface area contributed by atoms with Crippen LogP contribution in [0.4, 0.5) is 0 Å². The molecular weight excluding hydrogens is 633 g/mol. The molecule has 6 rings (SSSR count). The molecule has 0 aromatic heterocycles. The fourth-order valence-corrected chi connectivity index (χ4v) is 9.61. The van der Waals surface area contributed by atoms with Gasteiger partial charge in [-0.3, -0.25) is 0 Å². The fourth-order valence-electron chi connectivity index (χ4n) is 4.51. The van der Waals surface area contributed by atoms with Crippen LogP contribution in [0.25, 0.3) is 0 Å². The van der Waals surface area contributed by atoms with E-state index in [9.17, 15) is 9.59 Å². The average molecular weight is 669 g/mol. The van der Waals surface area contributed by atoms with Gasteiger partial charge in [0.25, 0.3) is 0 Å². The monoisotopic (exact) mass is 668 g/mol. The summed E-state index contributed by atoms with van der Waals surface area (Å²) in [6.45, 7) is 2.75. The van der Waals surface area contributed by atoms with Crippen molar-refractivity contribution in [3.8, 4) is 0 Å². The third-order valence-corrected chi connectivity index (χ3v) is 11.9. The van der Waals surface area contributed by atoms with E-state index in [0.29, 0.717) is 14.4 Å². The van der Waals surface area contributed by atoms with E-state index in [0.717, 1.165) is 0 Å². The molecule has 0 amide bonds. The number of rotatable bonds is 8. The number of benzene rings is 6. The Hall–Kier alpha value is -3.99. The fraction of sp³-hybridized carbons (Fsp3) is 0.0500. The molecule has 0 aliphatic rings. The van der Waals surface area contributed by atoms with Crippen LogP contribution >= 0.6 is 15.8 Å². The summed E-state index contributed by atoms with van der Waals surface area (Å²) in [5.41, 5.74) is 0. The predicted molar refractivity (Wildman–Crippen MR) is 192 cm³/mol. The van der Waals surface area contributed by atoms with Crippen LogP contribution in [0.1, 0.15) is 13.8 Å². The van der Waals surface area contributed by atoms with Gasteiger partial charge in [0.2, 0.25) is 0 Å². The number of carbonyl (C=O) groups is 2. The van der Waals surface area contributed by atoms with E-state index in [1.54, 1.807) is 0 Å². The van der Waals surface area contributed by atoms with E-state index in [1.807, 2.05) is 0 Å².